The Labute approximate surface area is 132 Å². The van der Waals surface area contributed by atoms with E-state index in [1.54, 1.807) is 6.92 Å². The smallest absolute Gasteiger partial charge is 0.235 e. The number of aromatic nitrogens is 5. The van der Waals surface area contributed by atoms with Crippen LogP contribution in [0, 0.1) is 12.7 Å². The zero-order valence-corrected chi connectivity index (χ0v) is 12.7. The maximum Gasteiger partial charge on any atom is 0.235 e. The first-order valence-corrected chi connectivity index (χ1v) is 7.41. The normalized spacial score (nSPS) is 11.4. The average molecular weight is 336 g/mol. The Balaban J connectivity index is 1.89. The summed E-state index contributed by atoms with van der Waals surface area (Å²) in [6, 6.07) is 4.06. The lowest BCUT2D eigenvalue weighted by molar-refractivity contribution is 0.521. The summed E-state index contributed by atoms with van der Waals surface area (Å²) in [4.78, 5) is 4.78. The molecule has 0 bridgehead atoms. The maximum atomic E-state index is 13.5. The van der Waals surface area contributed by atoms with Crippen molar-refractivity contribution in [2.24, 2.45) is 0 Å². The minimum Gasteiger partial charge on any atom is -0.449 e. The van der Waals surface area contributed by atoms with Crippen molar-refractivity contribution in [3.63, 3.8) is 0 Å². The third-order valence-corrected chi connectivity index (χ3v) is 4.25. The van der Waals surface area contributed by atoms with E-state index < -0.39 is 5.82 Å². The molecule has 0 aliphatic heterocycles. The number of benzene rings is 1. The number of rotatable bonds is 2. The third kappa shape index (κ3) is 2.08. The molecule has 3 aromatic heterocycles. The number of hydrogen-bond donors (Lipinski definition) is 0. The van der Waals surface area contributed by atoms with Crippen molar-refractivity contribution in [2.75, 3.05) is 0 Å². The zero-order chi connectivity index (χ0) is 15.3. The van der Waals surface area contributed by atoms with Gasteiger partial charge in [0.1, 0.15) is 17.8 Å². The Bertz CT molecular complexity index is 992. The van der Waals surface area contributed by atoms with Gasteiger partial charge < -0.3 is 4.42 Å². The van der Waals surface area contributed by atoms with Crippen molar-refractivity contribution in [3.8, 4) is 22.1 Å². The summed E-state index contributed by atoms with van der Waals surface area (Å²) >= 11 is 7.42. The first-order chi connectivity index (χ1) is 10.6. The highest BCUT2D eigenvalue weighted by atomic mass is 35.5. The number of hydrogen-bond acceptors (Lipinski definition) is 6. The Kier molecular flexibility index (Phi) is 2.95. The van der Waals surface area contributed by atoms with Crippen molar-refractivity contribution >= 4 is 27.9 Å². The van der Waals surface area contributed by atoms with Crippen LogP contribution in [-0.4, -0.2) is 24.8 Å². The quantitative estimate of drug-likeness (QED) is 0.559. The largest absolute Gasteiger partial charge is 0.449 e. The summed E-state index contributed by atoms with van der Waals surface area (Å²) in [7, 11) is 0. The number of halogens is 2. The molecule has 0 saturated carbocycles. The lowest BCUT2D eigenvalue weighted by Crippen LogP contribution is -1.92. The molecule has 110 valence electrons. The summed E-state index contributed by atoms with van der Waals surface area (Å²) < 4.78 is 20.2. The van der Waals surface area contributed by atoms with Gasteiger partial charge in [0.05, 0.1) is 5.02 Å². The van der Waals surface area contributed by atoms with Crippen LogP contribution < -0.4 is 0 Å². The van der Waals surface area contributed by atoms with E-state index in [2.05, 4.69) is 20.3 Å². The van der Waals surface area contributed by atoms with Crippen LogP contribution in [0.5, 0.6) is 0 Å². The van der Waals surface area contributed by atoms with E-state index >= 15 is 0 Å². The molecule has 1 aromatic carbocycles. The molecular formula is C13H7ClFN5OS. The second kappa shape index (κ2) is 4.85. The highest BCUT2D eigenvalue weighted by Crippen LogP contribution is 2.31. The van der Waals surface area contributed by atoms with Crippen molar-refractivity contribution in [1.29, 1.82) is 0 Å². The van der Waals surface area contributed by atoms with E-state index in [-0.39, 0.29) is 0 Å². The van der Waals surface area contributed by atoms with Gasteiger partial charge in [-0.25, -0.2) is 9.37 Å². The fourth-order valence-corrected chi connectivity index (χ4v) is 3.01. The molecule has 0 aliphatic rings. The van der Waals surface area contributed by atoms with E-state index in [9.17, 15) is 4.39 Å². The van der Waals surface area contributed by atoms with Crippen LogP contribution in [-0.2, 0) is 0 Å². The second-order valence-electron chi connectivity index (χ2n) is 4.50. The summed E-state index contributed by atoms with van der Waals surface area (Å²) in [6.45, 7) is 1.75. The first kappa shape index (κ1) is 13.4. The highest BCUT2D eigenvalue weighted by molar-refractivity contribution is 7.19. The van der Waals surface area contributed by atoms with Gasteiger partial charge in [-0.1, -0.05) is 22.9 Å². The molecule has 3 heterocycles. The summed E-state index contributed by atoms with van der Waals surface area (Å²) in [5, 5.41) is 13.5. The molecule has 0 N–H and O–H groups in total. The number of oxazole rings is 1. The lowest BCUT2D eigenvalue weighted by Gasteiger charge is -2.00. The molecule has 0 unspecified atom stereocenters. The molecule has 4 aromatic rings. The van der Waals surface area contributed by atoms with E-state index in [1.807, 2.05) is 0 Å². The monoisotopic (exact) mass is 335 g/mol. The van der Waals surface area contributed by atoms with Crippen molar-refractivity contribution in [3.05, 3.63) is 41.2 Å². The molecule has 0 fully saturated rings. The molecule has 9 heteroatoms. The van der Waals surface area contributed by atoms with Crippen LogP contribution >= 0.6 is 22.9 Å². The minimum absolute atomic E-state index is 0.377. The second-order valence-corrected chi connectivity index (χ2v) is 5.86. The molecule has 0 aliphatic carbocycles. The van der Waals surface area contributed by atoms with Crippen molar-refractivity contribution < 1.29 is 8.81 Å². The number of nitrogens with zero attached hydrogens (tertiary/aromatic N) is 5. The molecule has 0 saturated heterocycles. The predicted molar refractivity (Wildman–Crippen MR) is 79.3 cm³/mol. The fourth-order valence-electron chi connectivity index (χ4n) is 2.02. The topological polar surface area (TPSA) is 69.1 Å². The minimum atomic E-state index is -0.404. The van der Waals surface area contributed by atoms with Gasteiger partial charge in [-0.15, -0.1) is 10.2 Å². The van der Waals surface area contributed by atoms with E-state index in [4.69, 9.17) is 16.0 Å². The van der Waals surface area contributed by atoms with Gasteiger partial charge in [-0.05, 0) is 18.2 Å². The SMILES string of the molecule is Cc1nc(-c2nn3c(-c4cc(F)ccc4Cl)nnc3s2)co1. The van der Waals surface area contributed by atoms with Gasteiger partial charge in [0.15, 0.2) is 16.7 Å². The molecule has 0 atom stereocenters. The molecule has 0 radical (unpaired) electrons. The van der Waals surface area contributed by atoms with Gasteiger partial charge in [0.2, 0.25) is 4.96 Å². The van der Waals surface area contributed by atoms with Gasteiger partial charge in [-0.2, -0.15) is 9.61 Å². The van der Waals surface area contributed by atoms with Crippen molar-refractivity contribution in [1.82, 2.24) is 24.8 Å². The molecule has 6 nitrogen and oxygen atoms in total. The van der Waals surface area contributed by atoms with Crippen LogP contribution in [0.25, 0.3) is 27.1 Å². The molecule has 0 amide bonds. The van der Waals surface area contributed by atoms with Gasteiger partial charge >= 0.3 is 0 Å². The highest BCUT2D eigenvalue weighted by Gasteiger charge is 2.18. The summed E-state index contributed by atoms with van der Waals surface area (Å²) in [5.74, 6) is 0.523. The van der Waals surface area contributed by atoms with E-state index in [0.29, 0.717) is 38.0 Å². The van der Waals surface area contributed by atoms with E-state index in [0.717, 1.165) is 0 Å². The number of aryl methyl sites for hydroxylation is 1. The van der Waals surface area contributed by atoms with Gasteiger partial charge in [-0.3, -0.25) is 0 Å². The molecular weight excluding hydrogens is 329 g/mol. The zero-order valence-electron chi connectivity index (χ0n) is 11.1. The summed E-state index contributed by atoms with van der Waals surface area (Å²) in [6.07, 6.45) is 1.52. The Morgan fingerprint density at radius 1 is 1.32 bits per heavy atom. The summed E-state index contributed by atoms with van der Waals surface area (Å²) in [5.41, 5.74) is 1.05. The fraction of sp³-hybridized carbons (Fsp3) is 0.0769. The van der Waals surface area contributed by atoms with Crippen LogP contribution in [0.3, 0.4) is 0 Å². The molecule has 22 heavy (non-hydrogen) atoms. The average Bonchev–Trinajstić information content (AvgIpc) is 3.16. The Morgan fingerprint density at radius 2 is 2.18 bits per heavy atom. The van der Waals surface area contributed by atoms with Crippen LogP contribution in [0.1, 0.15) is 5.89 Å². The van der Waals surface area contributed by atoms with Gasteiger partial charge in [0.25, 0.3) is 0 Å². The van der Waals surface area contributed by atoms with Crippen LogP contribution in [0.2, 0.25) is 5.02 Å². The number of fused-ring (bicyclic) bond motifs is 1. The predicted octanol–water partition coefficient (Wildman–Crippen LogP) is 3.61. The Hall–Kier alpha value is -2.32. The van der Waals surface area contributed by atoms with Gasteiger partial charge in [0, 0.05) is 12.5 Å². The van der Waals surface area contributed by atoms with Crippen LogP contribution in [0.15, 0.2) is 28.9 Å². The molecule has 0 spiro atoms. The van der Waals surface area contributed by atoms with Crippen molar-refractivity contribution in [2.45, 2.75) is 6.92 Å². The maximum absolute atomic E-state index is 13.5. The first-order valence-electron chi connectivity index (χ1n) is 6.22. The standard InChI is InChI=1S/C13H7ClFN5OS/c1-6-16-10(5-21-6)12-19-20-11(17-18-13(20)22-12)8-4-7(15)2-3-9(8)14/h2-5H,1H3. The van der Waals surface area contributed by atoms with E-state index in [1.165, 1.54) is 40.3 Å². The van der Waals surface area contributed by atoms with Crippen LogP contribution in [0.4, 0.5) is 4.39 Å². The molecule has 4 rings (SSSR count). The lowest BCUT2D eigenvalue weighted by atomic mass is 10.2. The Morgan fingerprint density at radius 3 is 2.95 bits per heavy atom. The third-order valence-electron chi connectivity index (χ3n) is 3.00.